The lowest BCUT2D eigenvalue weighted by Crippen LogP contribution is -2.15. The molecule has 0 saturated carbocycles. The van der Waals surface area contributed by atoms with Crippen molar-refractivity contribution >= 4 is 22.6 Å². The Balaban J connectivity index is 1.88. The van der Waals surface area contributed by atoms with Crippen LogP contribution in [0.3, 0.4) is 0 Å². The molecule has 0 aliphatic heterocycles. The number of carbonyl (C=O) groups is 1. The lowest BCUT2D eigenvalue weighted by Gasteiger charge is -2.06. The van der Waals surface area contributed by atoms with Crippen molar-refractivity contribution in [1.82, 2.24) is 19.9 Å². The van der Waals surface area contributed by atoms with Crippen molar-refractivity contribution in [1.29, 1.82) is 0 Å². The number of hydrogen-bond acceptors (Lipinski definition) is 4. The van der Waals surface area contributed by atoms with E-state index in [0.29, 0.717) is 17.2 Å². The number of amides is 1. The Kier molecular flexibility index (Phi) is 3.13. The average molecular weight is 281 g/mol. The second-order valence-electron chi connectivity index (χ2n) is 4.95. The third-order valence-electron chi connectivity index (χ3n) is 3.06. The first-order valence-electron chi connectivity index (χ1n) is 6.61. The lowest BCUT2D eigenvalue weighted by molar-refractivity contribution is 0.102. The topological polar surface area (TPSA) is 83.6 Å². The van der Waals surface area contributed by atoms with Crippen LogP contribution in [0.1, 0.15) is 27.8 Å². The van der Waals surface area contributed by atoms with Crippen molar-refractivity contribution in [2.45, 2.75) is 20.8 Å². The molecule has 0 fully saturated rings. The quantitative estimate of drug-likeness (QED) is 0.756. The molecule has 1 aromatic carbocycles. The average Bonchev–Trinajstić information content (AvgIpc) is 2.77. The molecule has 0 radical (unpaired) electrons. The van der Waals surface area contributed by atoms with E-state index in [4.69, 9.17) is 0 Å². The summed E-state index contributed by atoms with van der Waals surface area (Å²) in [5.74, 6) is 1.18. The molecule has 0 saturated heterocycles. The van der Waals surface area contributed by atoms with Gasteiger partial charge in [0, 0.05) is 11.4 Å². The molecule has 2 aromatic heterocycles. The van der Waals surface area contributed by atoms with Gasteiger partial charge in [0.2, 0.25) is 0 Å². The van der Waals surface area contributed by atoms with Crippen molar-refractivity contribution in [3.8, 4) is 0 Å². The molecule has 6 nitrogen and oxygen atoms in total. The predicted octanol–water partition coefficient (Wildman–Crippen LogP) is 2.53. The van der Waals surface area contributed by atoms with Crippen LogP contribution in [-0.2, 0) is 0 Å². The second-order valence-corrected chi connectivity index (χ2v) is 4.95. The number of aromatic amines is 1. The van der Waals surface area contributed by atoms with Crippen LogP contribution >= 0.6 is 0 Å². The van der Waals surface area contributed by atoms with Gasteiger partial charge in [0.1, 0.15) is 17.3 Å². The molecule has 21 heavy (non-hydrogen) atoms. The summed E-state index contributed by atoms with van der Waals surface area (Å²) >= 11 is 0. The number of hydrogen-bond donors (Lipinski definition) is 2. The third kappa shape index (κ3) is 2.74. The van der Waals surface area contributed by atoms with Gasteiger partial charge in [0.05, 0.1) is 11.0 Å². The normalized spacial score (nSPS) is 10.8. The van der Waals surface area contributed by atoms with E-state index in [-0.39, 0.29) is 5.91 Å². The Morgan fingerprint density at radius 3 is 2.67 bits per heavy atom. The van der Waals surface area contributed by atoms with Crippen molar-refractivity contribution < 1.29 is 4.79 Å². The fourth-order valence-corrected chi connectivity index (χ4v) is 2.24. The van der Waals surface area contributed by atoms with Gasteiger partial charge in [-0.25, -0.2) is 15.0 Å². The van der Waals surface area contributed by atoms with Crippen LogP contribution in [0.4, 0.5) is 5.69 Å². The zero-order valence-electron chi connectivity index (χ0n) is 12.1. The van der Waals surface area contributed by atoms with E-state index in [1.165, 1.54) is 0 Å². The van der Waals surface area contributed by atoms with Crippen molar-refractivity contribution in [3.05, 3.63) is 47.3 Å². The Bertz CT molecular complexity index is 817. The molecule has 2 heterocycles. The highest BCUT2D eigenvalue weighted by Gasteiger charge is 2.10. The SMILES string of the molecule is Cc1cc(C(=O)Nc2ccc3nc(C)[nH]c3c2)nc(C)n1. The minimum absolute atomic E-state index is 0.251. The van der Waals surface area contributed by atoms with Crippen LogP contribution in [0.15, 0.2) is 24.3 Å². The molecule has 6 heteroatoms. The second kappa shape index (κ2) is 4.97. The van der Waals surface area contributed by atoms with Crippen LogP contribution in [0, 0.1) is 20.8 Å². The first-order chi connectivity index (χ1) is 10.0. The highest BCUT2D eigenvalue weighted by molar-refractivity contribution is 6.03. The molecular formula is C15H15N5O. The van der Waals surface area contributed by atoms with Gasteiger partial charge in [-0.3, -0.25) is 4.79 Å². The van der Waals surface area contributed by atoms with Crippen LogP contribution < -0.4 is 5.32 Å². The fourth-order valence-electron chi connectivity index (χ4n) is 2.24. The number of imidazole rings is 1. The van der Waals surface area contributed by atoms with E-state index in [0.717, 1.165) is 22.6 Å². The molecular weight excluding hydrogens is 266 g/mol. The number of benzene rings is 1. The number of rotatable bonds is 2. The number of fused-ring (bicyclic) bond motifs is 1. The summed E-state index contributed by atoms with van der Waals surface area (Å²) in [6, 6.07) is 7.21. The van der Waals surface area contributed by atoms with Crippen LogP contribution in [-0.4, -0.2) is 25.8 Å². The summed E-state index contributed by atoms with van der Waals surface area (Å²) in [6.45, 7) is 5.50. The monoisotopic (exact) mass is 281 g/mol. The van der Waals surface area contributed by atoms with Gasteiger partial charge in [-0.2, -0.15) is 0 Å². The van der Waals surface area contributed by atoms with Crippen molar-refractivity contribution in [3.63, 3.8) is 0 Å². The van der Waals surface area contributed by atoms with E-state index < -0.39 is 0 Å². The summed E-state index contributed by atoms with van der Waals surface area (Å²) in [7, 11) is 0. The maximum Gasteiger partial charge on any atom is 0.274 e. The maximum absolute atomic E-state index is 12.2. The van der Waals surface area contributed by atoms with Crippen molar-refractivity contribution in [2.75, 3.05) is 5.32 Å². The van der Waals surface area contributed by atoms with Gasteiger partial charge in [0.25, 0.3) is 5.91 Å². The van der Waals surface area contributed by atoms with Crippen molar-refractivity contribution in [2.24, 2.45) is 0 Å². The number of anilines is 1. The van der Waals surface area contributed by atoms with Crippen LogP contribution in [0.25, 0.3) is 11.0 Å². The fraction of sp³-hybridized carbons (Fsp3) is 0.200. The smallest absolute Gasteiger partial charge is 0.274 e. The summed E-state index contributed by atoms with van der Waals surface area (Å²) in [6.07, 6.45) is 0. The number of H-pyrrole nitrogens is 1. The largest absolute Gasteiger partial charge is 0.342 e. The first-order valence-corrected chi connectivity index (χ1v) is 6.61. The number of aryl methyl sites for hydroxylation is 3. The maximum atomic E-state index is 12.2. The summed E-state index contributed by atoms with van der Waals surface area (Å²) < 4.78 is 0. The van der Waals surface area contributed by atoms with E-state index in [2.05, 4.69) is 25.3 Å². The first kappa shape index (κ1) is 13.2. The minimum atomic E-state index is -0.251. The van der Waals surface area contributed by atoms with Crippen LogP contribution in [0.5, 0.6) is 0 Å². The van der Waals surface area contributed by atoms with Gasteiger partial charge < -0.3 is 10.3 Å². The molecule has 3 aromatic rings. The standard InChI is InChI=1S/C15H15N5O/c1-8-6-14(19-9(2)16-8)15(21)20-11-4-5-12-13(7-11)18-10(3)17-12/h4-7H,1-3H3,(H,17,18)(H,20,21). The highest BCUT2D eigenvalue weighted by Crippen LogP contribution is 2.17. The summed E-state index contributed by atoms with van der Waals surface area (Å²) in [5, 5.41) is 2.84. The van der Waals surface area contributed by atoms with E-state index in [9.17, 15) is 4.79 Å². The summed E-state index contributed by atoms with van der Waals surface area (Å²) in [4.78, 5) is 28.0. The predicted molar refractivity (Wildman–Crippen MR) is 80.3 cm³/mol. The third-order valence-corrected chi connectivity index (χ3v) is 3.06. The van der Waals surface area contributed by atoms with Gasteiger partial charge in [-0.05, 0) is 45.0 Å². The zero-order valence-corrected chi connectivity index (χ0v) is 12.1. The van der Waals surface area contributed by atoms with Gasteiger partial charge in [0.15, 0.2) is 0 Å². The number of carbonyl (C=O) groups excluding carboxylic acids is 1. The molecule has 0 bridgehead atoms. The molecule has 0 aliphatic carbocycles. The number of nitrogens with one attached hydrogen (secondary N) is 2. The Labute approximate surface area is 121 Å². The van der Waals surface area contributed by atoms with Crippen LogP contribution in [0.2, 0.25) is 0 Å². The molecule has 3 rings (SSSR count). The molecule has 0 spiro atoms. The molecule has 1 amide bonds. The van der Waals surface area contributed by atoms with E-state index in [1.807, 2.05) is 32.0 Å². The Morgan fingerprint density at radius 1 is 1.10 bits per heavy atom. The Morgan fingerprint density at radius 2 is 1.90 bits per heavy atom. The zero-order chi connectivity index (χ0) is 15.0. The molecule has 0 atom stereocenters. The van der Waals surface area contributed by atoms with Gasteiger partial charge in [-0.1, -0.05) is 0 Å². The highest BCUT2D eigenvalue weighted by atomic mass is 16.1. The number of aromatic nitrogens is 4. The molecule has 2 N–H and O–H groups in total. The van der Waals surface area contributed by atoms with Gasteiger partial charge >= 0.3 is 0 Å². The van der Waals surface area contributed by atoms with Gasteiger partial charge in [-0.15, -0.1) is 0 Å². The van der Waals surface area contributed by atoms with E-state index >= 15 is 0 Å². The summed E-state index contributed by atoms with van der Waals surface area (Å²) in [5.41, 5.74) is 3.60. The molecule has 106 valence electrons. The number of nitrogens with zero attached hydrogens (tertiary/aromatic N) is 3. The molecule has 0 aliphatic rings. The minimum Gasteiger partial charge on any atom is -0.342 e. The van der Waals surface area contributed by atoms with E-state index in [1.54, 1.807) is 13.0 Å². The lowest BCUT2D eigenvalue weighted by atomic mass is 10.2. The Hall–Kier alpha value is -2.76. The molecule has 0 unspecified atom stereocenters.